The van der Waals surface area contributed by atoms with Crippen molar-refractivity contribution >= 4 is 5.78 Å². The molecular formula is C28H40N2O3. The fraction of sp³-hybridized carbons (Fsp3) is 0.786. The summed E-state index contributed by atoms with van der Waals surface area (Å²) in [5.74, 6) is 8.92. The third-order valence-electron chi connectivity index (χ3n) is 10.7. The van der Waals surface area contributed by atoms with E-state index in [0.717, 1.165) is 38.0 Å². The SMILES string of the molecule is C[C@]12CC[C@H]3[C@@H](CCC4CC(O)(CC#CCO)CC[C@@]43C)[C@@H]1CC[C@@H]2C(=O)Cn1ccnc1. The van der Waals surface area contributed by atoms with Gasteiger partial charge in [-0.25, -0.2) is 4.98 Å². The van der Waals surface area contributed by atoms with Crippen molar-refractivity contribution in [2.45, 2.75) is 90.2 Å². The highest BCUT2D eigenvalue weighted by atomic mass is 16.3. The van der Waals surface area contributed by atoms with Crippen LogP contribution in [0.3, 0.4) is 0 Å². The number of nitrogens with zero attached hydrogens (tertiary/aromatic N) is 2. The number of hydrogen-bond donors (Lipinski definition) is 2. The van der Waals surface area contributed by atoms with Crippen molar-refractivity contribution < 1.29 is 15.0 Å². The number of aromatic nitrogens is 2. The summed E-state index contributed by atoms with van der Waals surface area (Å²) in [7, 11) is 0. The largest absolute Gasteiger partial charge is 0.389 e. The van der Waals surface area contributed by atoms with Crippen molar-refractivity contribution in [1.82, 2.24) is 9.55 Å². The normalized spacial score (nSPS) is 44.2. The number of imidazole rings is 1. The summed E-state index contributed by atoms with van der Waals surface area (Å²) in [6.45, 7) is 5.25. The molecule has 5 rings (SSSR count). The number of hydrogen-bond acceptors (Lipinski definition) is 4. The maximum atomic E-state index is 13.3. The standard InChI is InChI=1S/C28H40N2O3/c1-26-12-13-28(33,10-3-4-16-31)17-20(26)5-6-21-22-7-8-24(27(22,2)11-9-23(21)26)25(32)18-30-15-14-29-19-30/h14-15,19-24,31,33H,5-13,16-18H2,1-2H3/t20?,21-,22-,23-,24+,26-,27-,28?/m0/s1. The van der Waals surface area contributed by atoms with Gasteiger partial charge in [-0.05, 0) is 92.3 Å². The average Bonchev–Trinajstić information content (AvgIpc) is 3.41. The summed E-state index contributed by atoms with van der Waals surface area (Å²) in [6, 6.07) is 0. The van der Waals surface area contributed by atoms with Gasteiger partial charge in [-0.2, -0.15) is 0 Å². The Balaban J connectivity index is 1.30. The zero-order chi connectivity index (χ0) is 23.3. The van der Waals surface area contributed by atoms with Gasteiger partial charge in [-0.3, -0.25) is 4.79 Å². The third-order valence-corrected chi connectivity index (χ3v) is 10.7. The molecule has 0 aliphatic heterocycles. The average molecular weight is 453 g/mol. The van der Waals surface area contributed by atoms with Crippen LogP contribution in [0.1, 0.15) is 78.1 Å². The molecule has 4 aliphatic rings. The fourth-order valence-electron chi connectivity index (χ4n) is 8.97. The molecule has 4 saturated carbocycles. The second-order valence-corrected chi connectivity index (χ2v) is 12.1. The van der Waals surface area contributed by atoms with Crippen LogP contribution in [0.2, 0.25) is 0 Å². The van der Waals surface area contributed by atoms with E-state index >= 15 is 0 Å². The molecule has 2 unspecified atom stereocenters. The lowest BCUT2D eigenvalue weighted by Gasteiger charge is -2.62. The van der Waals surface area contributed by atoms with Gasteiger partial charge >= 0.3 is 0 Å². The number of carbonyl (C=O) groups excluding carboxylic acids is 1. The first-order chi connectivity index (χ1) is 15.8. The molecule has 2 N–H and O–H groups in total. The van der Waals surface area contributed by atoms with Crippen molar-refractivity contribution in [2.24, 2.45) is 40.4 Å². The van der Waals surface area contributed by atoms with Crippen LogP contribution in [0.25, 0.3) is 0 Å². The number of Topliss-reactive ketones (excluding diaryl/α,β-unsaturated/α-hetero) is 1. The number of aliphatic hydroxyl groups is 2. The van der Waals surface area contributed by atoms with E-state index < -0.39 is 5.60 Å². The molecule has 1 aromatic rings. The smallest absolute Gasteiger partial charge is 0.156 e. The van der Waals surface area contributed by atoms with Gasteiger partial charge in [0, 0.05) is 24.7 Å². The molecule has 1 heterocycles. The Kier molecular flexibility index (Phi) is 5.98. The first-order valence-corrected chi connectivity index (χ1v) is 13.1. The molecule has 33 heavy (non-hydrogen) atoms. The Hall–Kier alpha value is -1.64. The molecule has 5 nitrogen and oxygen atoms in total. The van der Waals surface area contributed by atoms with Gasteiger partial charge in [-0.15, -0.1) is 0 Å². The minimum absolute atomic E-state index is 0.132. The molecule has 0 amide bonds. The van der Waals surface area contributed by atoms with Crippen LogP contribution in [0.5, 0.6) is 0 Å². The van der Waals surface area contributed by atoms with Crippen LogP contribution < -0.4 is 0 Å². The lowest BCUT2D eigenvalue weighted by Crippen LogP contribution is -2.56. The molecule has 180 valence electrons. The molecule has 8 atom stereocenters. The van der Waals surface area contributed by atoms with Gasteiger partial charge in [0.2, 0.25) is 0 Å². The summed E-state index contributed by atoms with van der Waals surface area (Å²) in [5, 5.41) is 20.2. The summed E-state index contributed by atoms with van der Waals surface area (Å²) < 4.78 is 1.92. The first-order valence-electron chi connectivity index (χ1n) is 13.1. The van der Waals surface area contributed by atoms with Gasteiger partial charge in [0.25, 0.3) is 0 Å². The van der Waals surface area contributed by atoms with Crippen LogP contribution in [0.4, 0.5) is 0 Å². The van der Waals surface area contributed by atoms with Crippen LogP contribution in [0.15, 0.2) is 18.7 Å². The lowest BCUT2D eigenvalue weighted by atomic mass is 9.43. The second-order valence-electron chi connectivity index (χ2n) is 12.1. The Morgan fingerprint density at radius 1 is 1.06 bits per heavy atom. The van der Waals surface area contributed by atoms with Crippen molar-refractivity contribution in [2.75, 3.05) is 6.61 Å². The Labute approximate surface area is 198 Å². The minimum atomic E-state index is -0.694. The van der Waals surface area contributed by atoms with E-state index in [9.17, 15) is 9.90 Å². The Bertz CT molecular complexity index is 933. The molecule has 4 fully saturated rings. The first kappa shape index (κ1) is 23.1. The Morgan fingerprint density at radius 2 is 1.88 bits per heavy atom. The van der Waals surface area contributed by atoms with Crippen molar-refractivity contribution in [3.63, 3.8) is 0 Å². The Morgan fingerprint density at radius 3 is 2.64 bits per heavy atom. The summed E-state index contributed by atoms with van der Waals surface area (Å²) in [6.07, 6.45) is 15.7. The van der Waals surface area contributed by atoms with Crippen LogP contribution in [0, 0.1) is 52.3 Å². The van der Waals surface area contributed by atoms with Gasteiger partial charge in [0.05, 0.1) is 18.5 Å². The summed E-state index contributed by atoms with van der Waals surface area (Å²) >= 11 is 0. The lowest BCUT2D eigenvalue weighted by molar-refractivity contribution is -0.153. The summed E-state index contributed by atoms with van der Waals surface area (Å²) in [4.78, 5) is 17.4. The van der Waals surface area contributed by atoms with Crippen molar-refractivity contribution in [1.29, 1.82) is 0 Å². The van der Waals surface area contributed by atoms with E-state index in [-0.39, 0.29) is 17.9 Å². The maximum Gasteiger partial charge on any atom is 0.156 e. The van der Waals surface area contributed by atoms with Gasteiger partial charge in [0.15, 0.2) is 5.78 Å². The van der Waals surface area contributed by atoms with Crippen LogP contribution in [-0.4, -0.2) is 37.8 Å². The van der Waals surface area contributed by atoms with E-state index in [0.29, 0.717) is 41.9 Å². The number of fused-ring (bicyclic) bond motifs is 5. The molecule has 5 heteroatoms. The van der Waals surface area contributed by atoms with Crippen molar-refractivity contribution in [3.05, 3.63) is 18.7 Å². The van der Waals surface area contributed by atoms with Gasteiger partial charge in [-0.1, -0.05) is 25.7 Å². The van der Waals surface area contributed by atoms with E-state index in [1.165, 1.54) is 25.7 Å². The zero-order valence-electron chi connectivity index (χ0n) is 20.3. The predicted octanol–water partition coefficient (Wildman–Crippen LogP) is 4.23. The predicted molar refractivity (Wildman–Crippen MR) is 127 cm³/mol. The van der Waals surface area contributed by atoms with E-state index in [4.69, 9.17) is 5.11 Å². The van der Waals surface area contributed by atoms with E-state index in [2.05, 4.69) is 30.7 Å². The maximum absolute atomic E-state index is 13.3. The molecular weight excluding hydrogens is 412 g/mol. The van der Waals surface area contributed by atoms with Crippen LogP contribution in [-0.2, 0) is 11.3 Å². The molecule has 0 bridgehead atoms. The topological polar surface area (TPSA) is 75.3 Å². The number of aliphatic hydroxyl groups excluding tert-OH is 1. The molecule has 1 aromatic heterocycles. The molecule has 0 spiro atoms. The highest BCUT2D eigenvalue weighted by Crippen LogP contribution is 2.68. The molecule has 0 saturated heterocycles. The summed E-state index contributed by atoms with van der Waals surface area (Å²) in [5.41, 5.74) is -0.266. The van der Waals surface area contributed by atoms with Crippen LogP contribution >= 0.6 is 0 Å². The van der Waals surface area contributed by atoms with Crippen molar-refractivity contribution in [3.8, 4) is 11.8 Å². The fourth-order valence-corrected chi connectivity index (χ4v) is 8.97. The number of ketones is 1. The highest BCUT2D eigenvalue weighted by molar-refractivity contribution is 5.82. The molecule has 0 aromatic carbocycles. The third kappa shape index (κ3) is 3.88. The number of rotatable bonds is 4. The van der Waals surface area contributed by atoms with E-state index in [1.807, 2.05) is 10.8 Å². The van der Waals surface area contributed by atoms with Gasteiger partial charge in [0.1, 0.15) is 6.61 Å². The monoisotopic (exact) mass is 452 g/mol. The van der Waals surface area contributed by atoms with Gasteiger partial charge < -0.3 is 14.8 Å². The molecule has 0 radical (unpaired) electrons. The minimum Gasteiger partial charge on any atom is -0.389 e. The highest BCUT2D eigenvalue weighted by Gasteiger charge is 2.62. The number of carbonyl (C=O) groups is 1. The molecule has 4 aliphatic carbocycles. The zero-order valence-corrected chi connectivity index (χ0v) is 20.3. The quantitative estimate of drug-likeness (QED) is 0.671. The second kappa shape index (κ2) is 8.54. The van der Waals surface area contributed by atoms with E-state index in [1.54, 1.807) is 12.5 Å².